The molecular formula is C9H18N4O3S. The van der Waals surface area contributed by atoms with Gasteiger partial charge in [0.2, 0.25) is 10.0 Å². The van der Waals surface area contributed by atoms with Crippen LogP contribution in [-0.2, 0) is 21.8 Å². The number of nitrogens with zero attached hydrogens (tertiary/aromatic N) is 2. The van der Waals surface area contributed by atoms with E-state index >= 15 is 0 Å². The fourth-order valence-electron chi connectivity index (χ4n) is 1.24. The summed E-state index contributed by atoms with van der Waals surface area (Å²) in [6.07, 6.45) is 1.85. The number of nitrogens with one attached hydrogen (secondary N) is 1. The summed E-state index contributed by atoms with van der Waals surface area (Å²) in [6.45, 7) is 3.36. The number of ether oxygens (including phenoxy) is 1. The van der Waals surface area contributed by atoms with Crippen molar-refractivity contribution in [1.29, 1.82) is 0 Å². The summed E-state index contributed by atoms with van der Waals surface area (Å²) < 4.78 is 32.5. The summed E-state index contributed by atoms with van der Waals surface area (Å²) in [7, 11) is -1.98. The molecule has 0 bridgehead atoms. The number of sulfonamides is 1. The lowest BCUT2D eigenvalue weighted by Crippen LogP contribution is -2.26. The predicted octanol–water partition coefficient (Wildman–Crippen LogP) is -0.293. The fourth-order valence-corrected chi connectivity index (χ4v) is 2.40. The van der Waals surface area contributed by atoms with E-state index in [1.165, 1.54) is 10.9 Å². The first kappa shape index (κ1) is 13.9. The van der Waals surface area contributed by atoms with Crippen LogP contribution >= 0.6 is 0 Å². The molecule has 0 fully saturated rings. The molecule has 1 aromatic rings. The SMILES string of the molecule is CCOCCCNS(=O)(=O)c1cnn(C)c1N. The van der Waals surface area contributed by atoms with E-state index < -0.39 is 10.0 Å². The van der Waals surface area contributed by atoms with Gasteiger partial charge in [-0.15, -0.1) is 0 Å². The van der Waals surface area contributed by atoms with Gasteiger partial charge >= 0.3 is 0 Å². The van der Waals surface area contributed by atoms with Crippen LogP contribution in [0.3, 0.4) is 0 Å². The Bertz CT molecular complexity index is 455. The molecule has 0 radical (unpaired) electrons. The van der Waals surface area contributed by atoms with Crippen molar-refractivity contribution < 1.29 is 13.2 Å². The number of anilines is 1. The molecule has 0 aromatic carbocycles. The van der Waals surface area contributed by atoms with Crippen molar-refractivity contribution in [3.05, 3.63) is 6.20 Å². The lowest BCUT2D eigenvalue weighted by molar-refractivity contribution is 0.146. The number of rotatable bonds is 7. The van der Waals surface area contributed by atoms with Gasteiger partial charge in [-0.25, -0.2) is 13.1 Å². The number of aromatic nitrogens is 2. The maximum Gasteiger partial charge on any atom is 0.245 e. The molecule has 8 heteroatoms. The Morgan fingerprint density at radius 3 is 2.82 bits per heavy atom. The van der Waals surface area contributed by atoms with Crippen molar-refractivity contribution in [1.82, 2.24) is 14.5 Å². The van der Waals surface area contributed by atoms with E-state index in [-0.39, 0.29) is 10.7 Å². The Morgan fingerprint density at radius 2 is 2.29 bits per heavy atom. The van der Waals surface area contributed by atoms with Gasteiger partial charge in [0, 0.05) is 26.8 Å². The average molecular weight is 262 g/mol. The second kappa shape index (κ2) is 5.99. The van der Waals surface area contributed by atoms with E-state index in [1.807, 2.05) is 6.92 Å². The minimum Gasteiger partial charge on any atom is -0.383 e. The van der Waals surface area contributed by atoms with Gasteiger partial charge in [0.15, 0.2) is 0 Å². The normalized spacial score (nSPS) is 11.9. The summed E-state index contributed by atoms with van der Waals surface area (Å²) in [4.78, 5) is 0.0106. The summed E-state index contributed by atoms with van der Waals surface area (Å²) in [5.74, 6) is 0.127. The zero-order valence-electron chi connectivity index (χ0n) is 10.0. The third kappa shape index (κ3) is 3.69. The van der Waals surface area contributed by atoms with E-state index in [2.05, 4.69) is 9.82 Å². The van der Waals surface area contributed by atoms with Gasteiger partial charge in [-0.2, -0.15) is 5.10 Å². The van der Waals surface area contributed by atoms with Crippen LogP contribution in [0.5, 0.6) is 0 Å². The van der Waals surface area contributed by atoms with Crippen LogP contribution in [-0.4, -0.2) is 38.0 Å². The monoisotopic (exact) mass is 262 g/mol. The van der Waals surface area contributed by atoms with Crippen molar-refractivity contribution in [3.63, 3.8) is 0 Å². The number of aryl methyl sites for hydroxylation is 1. The molecule has 3 N–H and O–H groups in total. The van der Waals surface area contributed by atoms with Crippen LogP contribution in [0, 0.1) is 0 Å². The Morgan fingerprint density at radius 1 is 1.59 bits per heavy atom. The molecule has 0 aliphatic carbocycles. The highest BCUT2D eigenvalue weighted by Gasteiger charge is 2.19. The highest BCUT2D eigenvalue weighted by atomic mass is 32.2. The lowest BCUT2D eigenvalue weighted by atomic mass is 10.5. The number of nitrogen functional groups attached to an aromatic ring is 1. The molecule has 17 heavy (non-hydrogen) atoms. The molecule has 1 aromatic heterocycles. The van der Waals surface area contributed by atoms with Crippen molar-refractivity contribution in [3.8, 4) is 0 Å². The van der Waals surface area contributed by atoms with E-state index in [0.717, 1.165) is 0 Å². The largest absolute Gasteiger partial charge is 0.383 e. The molecule has 0 atom stereocenters. The molecule has 7 nitrogen and oxygen atoms in total. The summed E-state index contributed by atoms with van der Waals surface area (Å²) in [5, 5.41) is 3.79. The number of hydrogen-bond acceptors (Lipinski definition) is 5. The Kier molecular flexibility index (Phi) is 4.91. The Balaban J connectivity index is 2.55. The van der Waals surface area contributed by atoms with Gasteiger partial charge in [0.25, 0.3) is 0 Å². The first-order chi connectivity index (χ1) is 7.99. The van der Waals surface area contributed by atoms with Crippen LogP contribution in [0.25, 0.3) is 0 Å². The smallest absolute Gasteiger partial charge is 0.245 e. The Hall–Kier alpha value is -1.12. The molecule has 98 valence electrons. The predicted molar refractivity (Wildman–Crippen MR) is 63.9 cm³/mol. The Labute approximate surface area is 101 Å². The van der Waals surface area contributed by atoms with Crippen LogP contribution < -0.4 is 10.5 Å². The third-order valence-corrected chi connectivity index (χ3v) is 3.68. The molecule has 0 unspecified atom stereocenters. The maximum absolute atomic E-state index is 11.8. The summed E-state index contributed by atoms with van der Waals surface area (Å²) >= 11 is 0. The average Bonchev–Trinajstić information content (AvgIpc) is 2.60. The number of nitrogens with two attached hydrogens (primary N) is 1. The molecule has 0 saturated carbocycles. The molecule has 1 heterocycles. The third-order valence-electron chi connectivity index (χ3n) is 2.20. The fraction of sp³-hybridized carbons (Fsp3) is 0.667. The van der Waals surface area contributed by atoms with Gasteiger partial charge in [-0.05, 0) is 13.3 Å². The highest BCUT2D eigenvalue weighted by molar-refractivity contribution is 7.89. The first-order valence-electron chi connectivity index (χ1n) is 5.34. The van der Waals surface area contributed by atoms with Gasteiger partial charge in [0.05, 0.1) is 6.20 Å². The molecular weight excluding hydrogens is 244 g/mol. The van der Waals surface area contributed by atoms with Crippen molar-refractivity contribution in [2.24, 2.45) is 7.05 Å². The van der Waals surface area contributed by atoms with Crippen LogP contribution in [0.4, 0.5) is 5.82 Å². The lowest BCUT2D eigenvalue weighted by Gasteiger charge is -2.06. The van der Waals surface area contributed by atoms with Crippen LogP contribution in [0.2, 0.25) is 0 Å². The van der Waals surface area contributed by atoms with E-state index in [1.54, 1.807) is 7.05 Å². The topological polar surface area (TPSA) is 99.2 Å². The molecule has 0 aliphatic heterocycles. The van der Waals surface area contributed by atoms with Crippen LogP contribution in [0.1, 0.15) is 13.3 Å². The van der Waals surface area contributed by atoms with E-state index in [9.17, 15) is 8.42 Å². The first-order valence-corrected chi connectivity index (χ1v) is 6.82. The van der Waals surface area contributed by atoms with Gasteiger partial charge in [-0.3, -0.25) is 4.68 Å². The van der Waals surface area contributed by atoms with Crippen molar-refractivity contribution in [2.75, 3.05) is 25.5 Å². The second-order valence-corrected chi connectivity index (χ2v) is 5.20. The van der Waals surface area contributed by atoms with E-state index in [0.29, 0.717) is 26.2 Å². The minimum absolute atomic E-state index is 0.0106. The molecule has 1 rings (SSSR count). The maximum atomic E-state index is 11.8. The van der Waals surface area contributed by atoms with Crippen molar-refractivity contribution >= 4 is 15.8 Å². The molecule has 0 amide bonds. The van der Waals surface area contributed by atoms with Gasteiger partial charge < -0.3 is 10.5 Å². The number of hydrogen-bond donors (Lipinski definition) is 2. The van der Waals surface area contributed by atoms with Crippen molar-refractivity contribution in [2.45, 2.75) is 18.2 Å². The zero-order chi connectivity index (χ0) is 12.9. The quantitative estimate of drug-likeness (QED) is 0.658. The van der Waals surface area contributed by atoms with Gasteiger partial charge in [-0.1, -0.05) is 0 Å². The standard InChI is InChI=1S/C9H18N4O3S/c1-3-16-6-4-5-12-17(14,15)8-7-11-13(2)9(8)10/h7,12H,3-6,10H2,1-2H3. The van der Waals surface area contributed by atoms with Crippen LogP contribution in [0.15, 0.2) is 11.1 Å². The highest BCUT2D eigenvalue weighted by Crippen LogP contribution is 2.15. The summed E-state index contributed by atoms with van der Waals surface area (Å²) in [6, 6.07) is 0. The molecule has 0 aliphatic rings. The van der Waals surface area contributed by atoms with Gasteiger partial charge in [0.1, 0.15) is 10.7 Å². The second-order valence-electron chi connectivity index (χ2n) is 3.47. The zero-order valence-corrected chi connectivity index (χ0v) is 10.8. The molecule has 0 spiro atoms. The molecule has 0 saturated heterocycles. The minimum atomic E-state index is -3.57. The van der Waals surface area contributed by atoms with E-state index in [4.69, 9.17) is 10.5 Å². The summed E-state index contributed by atoms with van der Waals surface area (Å²) in [5.41, 5.74) is 5.60.